The molecule has 52 heavy (non-hydrogen) atoms. The number of fused-ring (bicyclic) bond motifs is 6. The molecule has 0 spiro atoms. The lowest BCUT2D eigenvalue weighted by molar-refractivity contribution is 1.25. The van der Waals surface area contributed by atoms with Crippen LogP contribution >= 0.6 is 46.4 Å². The summed E-state index contributed by atoms with van der Waals surface area (Å²) in [6, 6.07) is 37.8. The van der Waals surface area contributed by atoms with Crippen LogP contribution in [0, 0.1) is 0 Å². The maximum absolute atomic E-state index is 6.37. The van der Waals surface area contributed by atoms with Crippen molar-refractivity contribution in [3.8, 4) is 0 Å². The van der Waals surface area contributed by atoms with E-state index in [2.05, 4.69) is 52.5 Å². The molecule has 6 aromatic rings. The molecular weight excluding hydrogens is 726 g/mol. The summed E-state index contributed by atoms with van der Waals surface area (Å²) < 4.78 is 0. The van der Waals surface area contributed by atoms with Crippen LogP contribution in [0.15, 0.2) is 167 Å². The number of hydrogen-bond donors (Lipinski definition) is 2. The molecule has 8 bridgehead atoms. The highest BCUT2D eigenvalue weighted by Crippen LogP contribution is 2.37. The van der Waals surface area contributed by atoms with Gasteiger partial charge in [-0.3, -0.25) is 0 Å². The number of aromatic amines is 2. The monoisotopic (exact) mass is 750 g/mol. The summed E-state index contributed by atoms with van der Waals surface area (Å²) in [5.74, 6) is 0. The number of nitrogens with one attached hydrogen (secondary N) is 2. The third kappa shape index (κ3) is 6.04. The van der Waals surface area contributed by atoms with Crippen LogP contribution in [0.3, 0.4) is 0 Å². The van der Waals surface area contributed by atoms with Crippen molar-refractivity contribution < 1.29 is 0 Å². The molecule has 0 aliphatic carbocycles. The number of rotatable bonds is 4. The average Bonchev–Trinajstić information content (AvgIpc) is 3.99. The minimum atomic E-state index is 0.660. The maximum Gasteiger partial charge on any atom is 0.0737 e. The Kier molecular flexibility index (Phi) is 8.33. The van der Waals surface area contributed by atoms with Crippen molar-refractivity contribution in [2.45, 2.75) is 0 Å². The van der Waals surface area contributed by atoms with Gasteiger partial charge in [0.1, 0.15) is 0 Å². The number of nitrogens with zero attached hydrogens (tertiary/aromatic N) is 2. The van der Waals surface area contributed by atoms with Gasteiger partial charge in [-0.1, -0.05) is 94.9 Å². The van der Waals surface area contributed by atoms with Crippen LogP contribution in [0.1, 0.15) is 33.5 Å². The first-order chi connectivity index (χ1) is 25.4. The molecule has 3 aliphatic heterocycles. The summed E-state index contributed by atoms with van der Waals surface area (Å²) in [7, 11) is 0. The fraction of sp³-hybridized carbons (Fsp3) is 0. The minimum absolute atomic E-state index is 0.660. The lowest BCUT2D eigenvalue weighted by Gasteiger charge is -2.11. The van der Waals surface area contributed by atoms with Crippen LogP contribution in [0.2, 0.25) is 20.1 Å². The van der Waals surface area contributed by atoms with Crippen molar-refractivity contribution in [3.05, 3.63) is 221 Å². The highest BCUT2D eigenvalue weighted by molar-refractivity contribution is 6.33. The van der Waals surface area contributed by atoms with Crippen LogP contribution in [-0.2, 0) is 0 Å². The lowest BCUT2D eigenvalue weighted by Crippen LogP contribution is -2.21. The van der Waals surface area contributed by atoms with Crippen molar-refractivity contribution in [1.29, 1.82) is 0 Å². The maximum atomic E-state index is 6.37. The van der Waals surface area contributed by atoms with Crippen molar-refractivity contribution >= 4 is 80.1 Å². The third-order valence-corrected chi connectivity index (χ3v) is 10.3. The Morgan fingerprint density at radius 2 is 0.769 bits per heavy atom. The van der Waals surface area contributed by atoms with Gasteiger partial charge in [-0.15, -0.1) is 0 Å². The van der Waals surface area contributed by atoms with Gasteiger partial charge in [0.05, 0.1) is 22.8 Å². The molecule has 5 heterocycles. The summed E-state index contributed by atoms with van der Waals surface area (Å²) in [4.78, 5) is 18.0. The van der Waals surface area contributed by atoms with Crippen LogP contribution < -0.4 is 10.7 Å². The summed E-state index contributed by atoms with van der Waals surface area (Å²) in [5, 5.41) is 4.44. The number of allylic oxidation sites excluding steroid dienone is 4. The minimum Gasteiger partial charge on any atom is -0.360 e. The van der Waals surface area contributed by atoms with E-state index in [9.17, 15) is 0 Å². The van der Waals surface area contributed by atoms with Crippen molar-refractivity contribution in [3.63, 3.8) is 0 Å². The van der Waals surface area contributed by atoms with Crippen LogP contribution in [-0.4, -0.2) is 21.4 Å². The third-order valence-electron chi connectivity index (χ3n) is 9.30. The van der Waals surface area contributed by atoms with E-state index in [0.717, 1.165) is 89.3 Å². The molecule has 2 aromatic heterocycles. The second kappa shape index (κ2) is 13.3. The standard InChI is InChI=1S/C44H26Cl4N4/c45-30-9-1-25(2-10-30)41-29-23-40(49-24-29)44(28-7-15-33(48)16-8-28)39-22-21-38(52-39)43(27-5-13-32(47)14-6-27)37-20-19-36(51-37)42(35-18-17-34(41)50-35)26-3-11-31(46)12-4-26/h1-24,49,51H. The predicted molar refractivity (Wildman–Crippen MR) is 217 cm³/mol. The van der Waals surface area contributed by atoms with E-state index in [-0.39, 0.29) is 0 Å². The Balaban J connectivity index is 1.41. The van der Waals surface area contributed by atoms with E-state index in [4.69, 9.17) is 56.4 Å². The summed E-state index contributed by atoms with van der Waals surface area (Å²) in [5.41, 5.74) is 12.8. The summed E-state index contributed by atoms with van der Waals surface area (Å²) in [6.07, 6.45) is 10.3. The molecule has 4 nitrogen and oxygen atoms in total. The number of aliphatic imine (C=N–C) groups is 2. The van der Waals surface area contributed by atoms with Gasteiger partial charge < -0.3 is 9.97 Å². The Morgan fingerprint density at radius 1 is 0.385 bits per heavy atom. The molecule has 8 heteroatoms. The number of H-pyrrole nitrogens is 2. The van der Waals surface area contributed by atoms with Gasteiger partial charge in [0.25, 0.3) is 0 Å². The number of aromatic nitrogens is 2. The molecule has 0 unspecified atom stereocenters. The largest absolute Gasteiger partial charge is 0.360 e. The van der Waals surface area contributed by atoms with Gasteiger partial charge in [0.15, 0.2) is 0 Å². The Morgan fingerprint density at radius 3 is 1.21 bits per heavy atom. The molecular formula is C44H26Cl4N4. The first-order valence-corrected chi connectivity index (χ1v) is 18.1. The van der Waals surface area contributed by atoms with E-state index in [0.29, 0.717) is 20.1 Å². The van der Waals surface area contributed by atoms with Gasteiger partial charge in [0.2, 0.25) is 0 Å². The fourth-order valence-electron chi connectivity index (χ4n) is 6.90. The van der Waals surface area contributed by atoms with E-state index in [1.54, 1.807) is 0 Å². The van der Waals surface area contributed by atoms with Crippen molar-refractivity contribution in [2.24, 2.45) is 9.98 Å². The quantitative estimate of drug-likeness (QED) is 0.180. The first-order valence-electron chi connectivity index (χ1n) is 16.6. The zero-order valence-electron chi connectivity index (χ0n) is 27.3. The molecule has 0 atom stereocenters. The summed E-state index contributed by atoms with van der Waals surface area (Å²) >= 11 is 25.5. The second-order valence-electron chi connectivity index (χ2n) is 12.5. The molecule has 2 N–H and O–H groups in total. The van der Waals surface area contributed by atoms with E-state index >= 15 is 0 Å². The van der Waals surface area contributed by atoms with Crippen molar-refractivity contribution in [2.75, 3.05) is 0 Å². The molecule has 4 aromatic carbocycles. The Bertz CT molecular complexity index is 2530. The molecule has 0 saturated carbocycles. The number of benzene rings is 4. The Labute approximate surface area is 319 Å². The summed E-state index contributed by atoms with van der Waals surface area (Å²) in [6.45, 7) is 0. The predicted octanol–water partition coefficient (Wildman–Crippen LogP) is 10.6. The van der Waals surface area contributed by atoms with Gasteiger partial charge >= 0.3 is 0 Å². The molecule has 3 aliphatic rings. The molecule has 250 valence electrons. The van der Waals surface area contributed by atoms with Gasteiger partial charge in [-0.2, -0.15) is 0 Å². The van der Waals surface area contributed by atoms with E-state index < -0.39 is 0 Å². The lowest BCUT2D eigenvalue weighted by atomic mass is 9.96. The molecule has 9 rings (SSSR count). The topological polar surface area (TPSA) is 56.3 Å². The Hall–Kier alpha value is -5.36. The molecule has 0 fully saturated rings. The fourth-order valence-corrected chi connectivity index (χ4v) is 7.41. The van der Waals surface area contributed by atoms with Crippen LogP contribution in [0.5, 0.6) is 0 Å². The van der Waals surface area contributed by atoms with Crippen LogP contribution in [0.25, 0.3) is 22.3 Å². The van der Waals surface area contributed by atoms with Gasteiger partial charge in [-0.25, -0.2) is 9.98 Å². The number of hydrogen-bond acceptors (Lipinski definition) is 2. The average molecular weight is 753 g/mol. The highest BCUT2D eigenvalue weighted by atomic mass is 35.5. The van der Waals surface area contributed by atoms with Crippen molar-refractivity contribution in [1.82, 2.24) is 9.97 Å². The second-order valence-corrected chi connectivity index (χ2v) is 14.3. The zero-order valence-corrected chi connectivity index (χ0v) is 30.3. The smallest absolute Gasteiger partial charge is 0.0737 e. The van der Waals surface area contributed by atoms with Crippen LogP contribution in [0.4, 0.5) is 0 Å². The molecule has 0 radical (unpaired) electrons. The molecule has 0 amide bonds. The molecule has 0 saturated heterocycles. The van der Waals surface area contributed by atoms with Gasteiger partial charge in [0, 0.05) is 70.5 Å². The van der Waals surface area contributed by atoms with E-state index in [1.807, 2.05) is 103 Å². The normalized spacial score (nSPS) is 15.2. The van der Waals surface area contributed by atoms with E-state index in [1.165, 1.54) is 0 Å². The number of halogens is 4. The van der Waals surface area contributed by atoms with Gasteiger partial charge in [-0.05, 0) is 113 Å². The first kappa shape index (κ1) is 32.5. The highest BCUT2D eigenvalue weighted by Gasteiger charge is 2.23. The SMILES string of the molecule is Clc1ccc(C2=C3C=CC(=N3)C(c3ccc(Cl)cc3)=c3ccc([nH]3)=C(c3ccc(Cl)cc3)C3=NC(=C(c4ccc(Cl)cc4)c4cc2c[nH]4)C=C3)cc1. The zero-order chi connectivity index (χ0) is 35.3.